The number of hydrogen-bond acceptors (Lipinski definition) is 3. The smallest absolute Gasteiger partial charge is 0.255 e. The van der Waals surface area contributed by atoms with Crippen molar-refractivity contribution < 1.29 is 9.18 Å². The van der Waals surface area contributed by atoms with Gasteiger partial charge in [-0.25, -0.2) is 9.37 Å². The average Bonchev–Trinajstić information content (AvgIpc) is 2.62. The van der Waals surface area contributed by atoms with Crippen LogP contribution in [0.25, 0.3) is 11.1 Å². The van der Waals surface area contributed by atoms with Gasteiger partial charge in [-0.2, -0.15) is 0 Å². The summed E-state index contributed by atoms with van der Waals surface area (Å²) < 4.78 is 14.1. The number of halogens is 2. The number of anilines is 1. The molecule has 1 aromatic carbocycles. The van der Waals surface area contributed by atoms with E-state index in [0.717, 1.165) is 22.4 Å². The lowest BCUT2D eigenvalue weighted by Crippen LogP contribution is -2.16. The maximum Gasteiger partial charge on any atom is 0.255 e. The van der Waals surface area contributed by atoms with Crippen LogP contribution in [-0.4, -0.2) is 15.9 Å². The van der Waals surface area contributed by atoms with Crippen LogP contribution in [0.2, 0.25) is 5.15 Å². The van der Waals surface area contributed by atoms with E-state index in [0.29, 0.717) is 16.4 Å². The summed E-state index contributed by atoms with van der Waals surface area (Å²) in [6, 6.07) is 12.4. The number of aryl methyl sites for hydroxylation is 2. The largest absolute Gasteiger partial charge is 0.322 e. The predicted octanol–water partition coefficient (Wildman–Crippen LogP) is 5.87. The van der Waals surface area contributed by atoms with Crippen LogP contribution in [0.1, 0.15) is 41.2 Å². The number of amides is 1. The molecule has 0 atom stereocenters. The van der Waals surface area contributed by atoms with Crippen LogP contribution in [0.15, 0.2) is 48.7 Å². The third kappa shape index (κ3) is 4.54. The quantitative estimate of drug-likeness (QED) is 0.560. The van der Waals surface area contributed by atoms with Crippen molar-refractivity contribution in [3.8, 4) is 11.1 Å². The lowest BCUT2D eigenvalue weighted by Gasteiger charge is -2.15. The first-order valence-electron chi connectivity index (χ1n) is 8.85. The van der Waals surface area contributed by atoms with Crippen LogP contribution in [-0.2, 0) is 5.67 Å². The molecule has 3 rings (SSSR count). The predicted molar refractivity (Wildman–Crippen MR) is 110 cm³/mol. The molecule has 0 radical (unpaired) electrons. The lowest BCUT2D eigenvalue weighted by atomic mass is 10.00. The standard InChI is InChI=1S/C22H21ClFN3O/c1-13-5-6-17(12-18(13)16-9-14(2)26-20(23)11-16)27-21(28)15-7-8-25-19(10-15)22(3,4)24/h5-12H,1-4H3,(H,27,28). The number of nitrogens with one attached hydrogen (secondary N) is 1. The maximum absolute atomic E-state index is 14.1. The molecule has 6 heteroatoms. The molecule has 4 nitrogen and oxygen atoms in total. The summed E-state index contributed by atoms with van der Waals surface area (Å²) in [4.78, 5) is 20.8. The molecule has 1 N–H and O–H groups in total. The number of rotatable bonds is 4. The Labute approximate surface area is 168 Å². The highest BCUT2D eigenvalue weighted by atomic mass is 35.5. The van der Waals surface area contributed by atoms with Crippen molar-refractivity contribution in [2.45, 2.75) is 33.4 Å². The molecule has 3 aromatic rings. The number of aromatic nitrogens is 2. The summed E-state index contributed by atoms with van der Waals surface area (Å²) >= 11 is 6.09. The molecule has 0 bridgehead atoms. The Bertz CT molecular complexity index is 1020. The summed E-state index contributed by atoms with van der Waals surface area (Å²) in [7, 11) is 0. The number of carbonyl (C=O) groups is 1. The zero-order valence-corrected chi connectivity index (χ0v) is 16.9. The van der Waals surface area contributed by atoms with Crippen LogP contribution in [0.3, 0.4) is 0 Å². The molecule has 144 valence electrons. The van der Waals surface area contributed by atoms with E-state index in [4.69, 9.17) is 11.6 Å². The Balaban J connectivity index is 1.90. The first-order chi connectivity index (χ1) is 13.1. The van der Waals surface area contributed by atoms with Gasteiger partial charge in [0.1, 0.15) is 10.8 Å². The summed E-state index contributed by atoms with van der Waals surface area (Å²) in [6.07, 6.45) is 1.44. The Kier molecular flexibility index (Phi) is 5.47. The van der Waals surface area contributed by atoms with E-state index in [2.05, 4.69) is 15.3 Å². The number of pyridine rings is 2. The third-order valence-corrected chi connectivity index (χ3v) is 4.55. The minimum atomic E-state index is -1.62. The number of nitrogens with zero attached hydrogens (tertiary/aromatic N) is 2. The number of carbonyl (C=O) groups excluding carboxylic acids is 1. The van der Waals surface area contributed by atoms with Gasteiger partial charge in [0.25, 0.3) is 5.91 Å². The Hall–Kier alpha value is -2.79. The second-order valence-corrected chi connectivity index (χ2v) is 7.59. The van der Waals surface area contributed by atoms with Gasteiger partial charge in [-0.1, -0.05) is 17.7 Å². The molecule has 2 heterocycles. The van der Waals surface area contributed by atoms with E-state index in [1.54, 1.807) is 12.1 Å². The van der Waals surface area contributed by atoms with Crippen molar-refractivity contribution >= 4 is 23.2 Å². The van der Waals surface area contributed by atoms with E-state index >= 15 is 0 Å². The molecule has 0 aliphatic rings. The molecular weight excluding hydrogens is 377 g/mol. The van der Waals surface area contributed by atoms with Gasteiger partial charge >= 0.3 is 0 Å². The lowest BCUT2D eigenvalue weighted by molar-refractivity contribution is 0.102. The monoisotopic (exact) mass is 397 g/mol. The topological polar surface area (TPSA) is 54.9 Å². The van der Waals surface area contributed by atoms with Gasteiger partial charge in [-0.15, -0.1) is 0 Å². The van der Waals surface area contributed by atoms with E-state index in [9.17, 15) is 9.18 Å². The Morgan fingerprint density at radius 1 is 1.11 bits per heavy atom. The molecule has 0 aliphatic carbocycles. The number of hydrogen-bond donors (Lipinski definition) is 1. The Morgan fingerprint density at radius 3 is 2.54 bits per heavy atom. The fourth-order valence-electron chi connectivity index (χ4n) is 2.89. The van der Waals surface area contributed by atoms with Gasteiger partial charge in [0.2, 0.25) is 0 Å². The number of alkyl halides is 1. The normalized spacial score (nSPS) is 11.4. The summed E-state index contributed by atoms with van der Waals surface area (Å²) in [6.45, 7) is 6.68. The molecule has 0 fully saturated rings. The molecule has 0 aliphatic heterocycles. The first kappa shape index (κ1) is 20.0. The van der Waals surface area contributed by atoms with Gasteiger partial charge in [-0.05, 0) is 80.8 Å². The minimum Gasteiger partial charge on any atom is -0.322 e. The summed E-state index contributed by atoms with van der Waals surface area (Å²) in [5.41, 5.74) is 3.31. The van der Waals surface area contributed by atoms with Gasteiger partial charge < -0.3 is 5.32 Å². The van der Waals surface area contributed by atoms with Crippen molar-refractivity contribution in [1.29, 1.82) is 0 Å². The molecule has 28 heavy (non-hydrogen) atoms. The van der Waals surface area contributed by atoms with Crippen LogP contribution >= 0.6 is 11.6 Å². The molecule has 0 saturated heterocycles. The van der Waals surface area contributed by atoms with E-state index in [1.165, 1.54) is 26.1 Å². The van der Waals surface area contributed by atoms with E-state index in [1.807, 2.05) is 38.1 Å². The highest BCUT2D eigenvalue weighted by Gasteiger charge is 2.21. The SMILES string of the molecule is Cc1cc(-c2cc(NC(=O)c3ccnc(C(C)(C)F)c3)ccc2C)cc(Cl)n1. The molecule has 2 aromatic heterocycles. The van der Waals surface area contributed by atoms with Crippen molar-refractivity contribution in [1.82, 2.24) is 9.97 Å². The molecule has 1 amide bonds. The zero-order valence-electron chi connectivity index (χ0n) is 16.2. The van der Waals surface area contributed by atoms with Crippen molar-refractivity contribution in [2.75, 3.05) is 5.32 Å². The molecule has 0 saturated carbocycles. The summed E-state index contributed by atoms with van der Waals surface area (Å²) in [5, 5.41) is 3.28. The minimum absolute atomic E-state index is 0.214. The molecule has 0 spiro atoms. The highest BCUT2D eigenvalue weighted by molar-refractivity contribution is 6.29. The fourth-order valence-corrected chi connectivity index (χ4v) is 3.15. The van der Waals surface area contributed by atoms with Crippen LogP contribution in [0.4, 0.5) is 10.1 Å². The maximum atomic E-state index is 14.1. The zero-order chi connectivity index (χ0) is 20.5. The van der Waals surface area contributed by atoms with Crippen molar-refractivity contribution in [2.24, 2.45) is 0 Å². The fraction of sp³-hybridized carbons (Fsp3) is 0.227. The van der Waals surface area contributed by atoms with E-state index < -0.39 is 5.67 Å². The number of benzene rings is 1. The van der Waals surface area contributed by atoms with Crippen LogP contribution in [0, 0.1) is 13.8 Å². The van der Waals surface area contributed by atoms with Crippen LogP contribution < -0.4 is 5.32 Å². The second kappa shape index (κ2) is 7.68. The Morgan fingerprint density at radius 2 is 1.86 bits per heavy atom. The molecular formula is C22H21ClFN3O. The average molecular weight is 398 g/mol. The second-order valence-electron chi connectivity index (χ2n) is 7.21. The summed E-state index contributed by atoms with van der Waals surface area (Å²) in [5.74, 6) is -0.327. The third-order valence-electron chi connectivity index (χ3n) is 4.36. The van der Waals surface area contributed by atoms with Gasteiger partial charge in [0.15, 0.2) is 0 Å². The first-order valence-corrected chi connectivity index (χ1v) is 9.23. The van der Waals surface area contributed by atoms with Crippen molar-refractivity contribution in [3.63, 3.8) is 0 Å². The van der Waals surface area contributed by atoms with Gasteiger partial charge in [0, 0.05) is 23.1 Å². The van der Waals surface area contributed by atoms with Crippen molar-refractivity contribution in [3.05, 3.63) is 76.3 Å². The van der Waals surface area contributed by atoms with Gasteiger partial charge in [-0.3, -0.25) is 9.78 Å². The highest BCUT2D eigenvalue weighted by Crippen LogP contribution is 2.29. The van der Waals surface area contributed by atoms with E-state index in [-0.39, 0.29) is 11.6 Å². The van der Waals surface area contributed by atoms with Crippen LogP contribution in [0.5, 0.6) is 0 Å². The van der Waals surface area contributed by atoms with Gasteiger partial charge in [0.05, 0.1) is 5.69 Å². The molecule has 0 unspecified atom stereocenters.